The summed E-state index contributed by atoms with van der Waals surface area (Å²) < 4.78 is 21.5. The lowest BCUT2D eigenvalue weighted by Crippen LogP contribution is -2.53. The number of rotatable bonds is 6. The summed E-state index contributed by atoms with van der Waals surface area (Å²) in [4.78, 5) is 33.9. The van der Waals surface area contributed by atoms with Gasteiger partial charge in [0.05, 0.1) is 6.10 Å². The maximum Gasteiger partial charge on any atom is 0.303 e. The predicted octanol–water partition coefficient (Wildman–Crippen LogP) is 1.93. The van der Waals surface area contributed by atoms with Gasteiger partial charge in [0.2, 0.25) is 0 Å². The molecule has 0 aromatic carbocycles. The molecule has 0 N–H and O–H groups in total. The molecule has 0 aliphatic carbocycles. The summed E-state index contributed by atoms with van der Waals surface area (Å²) in [6.45, 7) is 7.73. The van der Waals surface area contributed by atoms with Crippen molar-refractivity contribution in [1.82, 2.24) is 0 Å². The second kappa shape index (κ2) is 9.42. The summed E-state index contributed by atoms with van der Waals surface area (Å²) in [5.41, 5.74) is 1.14. The first kappa shape index (κ1) is 20.2. The zero-order valence-corrected chi connectivity index (χ0v) is 14.9. The molecule has 1 rings (SSSR count). The number of hydrogen-bond acceptors (Lipinski definition) is 7. The van der Waals surface area contributed by atoms with Gasteiger partial charge in [-0.3, -0.25) is 14.4 Å². The Bertz CT molecular complexity index is 493. The Hall–Kier alpha value is -1.89. The normalized spacial score (nSPS) is 26.2. The molecule has 1 aliphatic rings. The van der Waals surface area contributed by atoms with E-state index in [4.69, 9.17) is 18.9 Å². The van der Waals surface area contributed by atoms with Gasteiger partial charge in [0.25, 0.3) is 0 Å². The Balaban J connectivity index is 2.95. The highest BCUT2D eigenvalue weighted by atomic mass is 16.6. The average molecular weight is 342 g/mol. The van der Waals surface area contributed by atoms with Gasteiger partial charge in [-0.15, -0.1) is 0 Å². The molecule has 0 unspecified atom stereocenters. The summed E-state index contributed by atoms with van der Waals surface area (Å²) >= 11 is 0. The fraction of sp³-hybridized carbons (Fsp3) is 0.706. The summed E-state index contributed by atoms with van der Waals surface area (Å²) in [5, 5.41) is 0. The molecule has 0 aromatic rings. The van der Waals surface area contributed by atoms with E-state index in [9.17, 15) is 14.4 Å². The van der Waals surface area contributed by atoms with Crippen molar-refractivity contribution in [1.29, 1.82) is 0 Å². The molecule has 1 fully saturated rings. The topological polar surface area (TPSA) is 88.1 Å². The van der Waals surface area contributed by atoms with Gasteiger partial charge >= 0.3 is 17.9 Å². The third kappa shape index (κ3) is 7.12. The van der Waals surface area contributed by atoms with Crippen LogP contribution in [0.25, 0.3) is 0 Å². The first-order valence-electron chi connectivity index (χ1n) is 7.95. The standard InChI is InChI=1S/C17H26O7/c1-10(2)6-7-14-8-15(22-12(4)19)17(23-13(5)20)16(24-14)9-21-11(3)18/h6,14-17H,7-9H2,1-5H3/t14-,15-,16-,17+/m1/s1. The highest BCUT2D eigenvalue weighted by Gasteiger charge is 2.43. The number of esters is 3. The molecule has 0 amide bonds. The van der Waals surface area contributed by atoms with Gasteiger partial charge in [-0.05, 0) is 20.3 Å². The van der Waals surface area contributed by atoms with Gasteiger partial charge < -0.3 is 18.9 Å². The molecule has 1 saturated heterocycles. The van der Waals surface area contributed by atoms with E-state index in [1.165, 1.54) is 20.8 Å². The Kier molecular flexibility index (Phi) is 7.91. The molecule has 0 saturated carbocycles. The van der Waals surface area contributed by atoms with Crippen LogP contribution in [0, 0.1) is 0 Å². The predicted molar refractivity (Wildman–Crippen MR) is 85.1 cm³/mol. The molecule has 0 bridgehead atoms. The van der Waals surface area contributed by atoms with Gasteiger partial charge in [-0.1, -0.05) is 11.6 Å². The summed E-state index contributed by atoms with van der Waals surface area (Å²) in [7, 11) is 0. The maximum absolute atomic E-state index is 11.4. The van der Waals surface area contributed by atoms with Crippen molar-refractivity contribution >= 4 is 17.9 Å². The number of carbonyl (C=O) groups is 3. The quantitative estimate of drug-likeness (QED) is 0.414. The van der Waals surface area contributed by atoms with Gasteiger partial charge in [0.1, 0.15) is 18.8 Å². The van der Waals surface area contributed by atoms with Crippen molar-refractivity contribution in [2.24, 2.45) is 0 Å². The van der Waals surface area contributed by atoms with Crippen LogP contribution in [-0.2, 0) is 33.3 Å². The van der Waals surface area contributed by atoms with Crippen molar-refractivity contribution in [3.8, 4) is 0 Å². The summed E-state index contributed by atoms with van der Waals surface area (Å²) in [5.74, 6) is -1.45. The molecule has 24 heavy (non-hydrogen) atoms. The first-order valence-corrected chi connectivity index (χ1v) is 7.95. The van der Waals surface area contributed by atoms with Crippen LogP contribution in [0.2, 0.25) is 0 Å². The van der Waals surface area contributed by atoms with Crippen molar-refractivity contribution in [3.63, 3.8) is 0 Å². The van der Waals surface area contributed by atoms with Gasteiger partial charge in [-0.2, -0.15) is 0 Å². The van der Waals surface area contributed by atoms with E-state index in [1.54, 1.807) is 0 Å². The molecule has 0 spiro atoms. The highest BCUT2D eigenvalue weighted by molar-refractivity contribution is 5.67. The van der Waals surface area contributed by atoms with E-state index in [1.807, 2.05) is 19.9 Å². The lowest BCUT2D eigenvalue weighted by molar-refractivity contribution is -0.214. The van der Waals surface area contributed by atoms with Gasteiger partial charge in [0, 0.05) is 27.2 Å². The smallest absolute Gasteiger partial charge is 0.303 e. The fourth-order valence-corrected chi connectivity index (χ4v) is 2.54. The molecule has 136 valence electrons. The van der Waals surface area contributed by atoms with Crippen molar-refractivity contribution in [3.05, 3.63) is 11.6 Å². The van der Waals surface area contributed by atoms with Crippen LogP contribution in [0.4, 0.5) is 0 Å². The molecule has 1 heterocycles. The van der Waals surface area contributed by atoms with E-state index in [0.29, 0.717) is 12.8 Å². The van der Waals surface area contributed by atoms with Crippen LogP contribution >= 0.6 is 0 Å². The van der Waals surface area contributed by atoms with Gasteiger partial charge in [-0.25, -0.2) is 0 Å². The number of hydrogen-bond donors (Lipinski definition) is 0. The lowest BCUT2D eigenvalue weighted by Gasteiger charge is -2.40. The van der Waals surface area contributed by atoms with Crippen LogP contribution in [0.15, 0.2) is 11.6 Å². The lowest BCUT2D eigenvalue weighted by atomic mass is 9.95. The molecule has 7 nitrogen and oxygen atoms in total. The molecule has 1 aliphatic heterocycles. The van der Waals surface area contributed by atoms with Crippen molar-refractivity contribution < 1.29 is 33.3 Å². The van der Waals surface area contributed by atoms with Crippen LogP contribution in [0.3, 0.4) is 0 Å². The monoisotopic (exact) mass is 342 g/mol. The molecule has 0 aromatic heterocycles. The van der Waals surface area contributed by atoms with Crippen molar-refractivity contribution in [2.75, 3.05) is 6.61 Å². The van der Waals surface area contributed by atoms with E-state index in [-0.39, 0.29) is 12.7 Å². The third-order valence-corrected chi connectivity index (χ3v) is 3.45. The Morgan fingerprint density at radius 3 is 2.12 bits per heavy atom. The zero-order chi connectivity index (χ0) is 18.3. The third-order valence-electron chi connectivity index (χ3n) is 3.45. The average Bonchev–Trinajstić information content (AvgIpc) is 2.44. The Morgan fingerprint density at radius 2 is 1.62 bits per heavy atom. The SMILES string of the molecule is CC(=O)OC[C@H]1O[C@H](CC=C(C)C)C[C@@H](OC(C)=O)[C@@H]1OC(C)=O. The molecule has 4 atom stereocenters. The Morgan fingerprint density at radius 1 is 1.00 bits per heavy atom. The van der Waals surface area contributed by atoms with Gasteiger partial charge in [0.15, 0.2) is 6.10 Å². The van der Waals surface area contributed by atoms with Crippen molar-refractivity contribution in [2.45, 2.75) is 71.9 Å². The van der Waals surface area contributed by atoms with Crippen LogP contribution < -0.4 is 0 Å². The van der Waals surface area contributed by atoms with Crippen LogP contribution in [-0.4, -0.2) is 48.9 Å². The molecular formula is C17H26O7. The second-order valence-electron chi connectivity index (χ2n) is 6.07. The van der Waals surface area contributed by atoms with E-state index in [0.717, 1.165) is 5.57 Å². The summed E-state index contributed by atoms with van der Waals surface area (Å²) in [6, 6.07) is 0. The van der Waals surface area contributed by atoms with E-state index in [2.05, 4.69) is 0 Å². The number of ether oxygens (including phenoxy) is 4. The first-order chi connectivity index (χ1) is 11.2. The number of allylic oxidation sites excluding steroid dienone is 1. The minimum atomic E-state index is -0.811. The second-order valence-corrected chi connectivity index (χ2v) is 6.07. The molecular weight excluding hydrogens is 316 g/mol. The summed E-state index contributed by atoms with van der Waals surface area (Å²) in [6.07, 6.45) is 0.680. The van der Waals surface area contributed by atoms with E-state index >= 15 is 0 Å². The zero-order valence-electron chi connectivity index (χ0n) is 14.9. The highest BCUT2D eigenvalue weighted by Crippen LogP contribution is 2.28. The fourth-order valence-electron chi connectivity index (χ4n) is 2.54. The van der Waals surface area contributed by atoms with Crippen LogP contribution in [0.5, 0.6) is 0 Å². The van der Waals surface area contributed by atoms with Crippen LogP contribution in [0.1, 0.15) is 47.5 Å². The molecule has 0 radical (unpaired) electrons. The minimum absolute atomic E-state index is 0.0730. The maximum atomic E-state index is 11.4. The Labute approximate surface area is 142 Å². The largest absolute Gasteiger partial charge is 0.463 e. The number of carbonyl (C=O) groups excluding carboxylic acids is 3. The van der Waals surface area contributed by atoms with E-state index < -0.39 is 36.2 Å². The molecule has 7 heteroatoms. The minimum Gasteiger partial charge on any atom is -0.463 e.